The molecule has 0 unspecified atom stereocenters. The first-order chi connectivity index (χ1) is 43.5. The maximum Gasteiger partial charge on any atom is 0.333 e. The van der Waals surface area contributed by atoms with Crippen LogP contribution in [0.25, 0.3) is 0 Å². The van der Waals surface area contributed by atoms with Crippen molar-refractivity contribution >= 4 is 23.7 Å². The number of hydroxylamine groups is 2. The lowest BCUT2D eigenvalue weighted by molar-refractivity contribution is -0.197. The van der Waals surface area contributed by atoms with Gasteiger partial charge in [0.15, 0.2) is 0 Å². The molecule has 3 amide bonds. The van der Waals surface area contributed by atoms with Crippen molar-refractivity contribution in [2.75, 3.05) is 198 Å². The van der Waals surface area contributed by atoms with Crippen LogP contribution in [-0.2, 0) is 90.3 Å². The molecule has 0 radical (unpaired) electrons. The molecule has 0 aromatic heterocycles. The average molecular weight is 1330 g/mol. The van der Waals surface area contributed by atoms with Gasteiger partial charge in [-0.05, 0) is 0 Å². The SMILES string of the molecule is O=C(CCC(=O)ON1C(=O)CCC1=O)NC(COC(COC(COC(CO)CO)COC(CO)CO)COC(COC(CO)CO)COC(CO)CO)COC(COC(COC(CO)CO)COC(CO)CO)COC(COC(CO)CO)COC(CO)CO. The summed E-state index contributed by atoms with van der Waals surface area (Å²) in [6.07, 6.45) is -17.2. The Labute approximate surface area is 520 Å². The number of aliphatic hydroxyl groups is 16. The minimum Gasteiger partial charge on any atom is -0.394 e. The van der Waals surface area contributed by atoms with Crippen LogP contribution < -0.4 is 5.32 Å². The Kier molecular flexibility index (Phi) is 51.1. The first kappa shape index (κ1) is 84.9. The lowest BCUT2D eigenvalue weighted by atomic mass is 10.2. The van der Waals surface area contributed by atoms with E-state index in [9.17, 15) is 101 Å². The van der Waals surface area contributed by atoms with Crippen LogP contribution in [0.1, 0.15) is 25.7 Å². The molecule has 0 aromatic rings. The van der Waals surface area contributed by atoms with E-state index >= 15 is 0 Å². The highest BCUT2D eigenvalue weighted by Gasteiger charge is 2.34. The second-order valence-corrected chi connectivity index (χ2v) is 20.1. The summed E-state index contributed by atoms with van der Waals surface area (Å²) in [5.74, 6) is -3.53. The van der Waals surface area contributed by atoms with Crippen LogP contribution in [0, 0.1) is 0 Å². The summed E-state index contributed by atoms with van der Waals surface area (Å²) in [6.45, 7) is -15.6. The van der Waals surface area contributed by atoms with Gasteiger partial charge in [0.1, 0.15) is 85.5 Å². The molecule has 17 N–H and O–H groups in total. The molecular formula is C53H100N2O35. The summed E-state index contributed by atoms with van der Waals surface area (Å²) in [5, 5.41) is 158. The maximum atomic E-state index is 13.8. The average Bonchev–Trinajstić information content (AvgIpc) is 3.22. The first-order valence-corrected chi connectivity index (χ1v) is 29.3. The van der Waals surface area contributed by atoms with Gasteiger partial charge in [-0.25, -0.2) is 4.79 Å². The van der Waals surface area contributed by atoms with Crippen LogP contribution in [0.3, 0.4) is 0 Å². The van der Waals surface area contributed by atoms with Gasteiger partial charge in [-0.15, -0.1) is 5.06 Å². The molecule has 0 bridgehead atoms. The van der Waals surface area contributed by atoms with E-state index < -0.39 is 273 Å². The minimum absolute atomic E-state index is 0.204. The summed E-state index contributed by atoms with van der Waals surface area (Å²) in [5.41, 5.74) is 0. The van der Waals surface area contributed by atoms with E-state index in [1.165, 1.54) is 0 Å². The predicted molar refractivity (Wildman–Crippen MR) is 298 cm³/mol. The van der Waals surface area contributed by atoms with Gasteiger partial charge in [0.05, 0.1) is 211 Å². The first-order valence-electron chi connectivity index (χ1n) is 29.3. The van der Waals surface area contributed by atoms with Gasteiger partial charge in [0.2, 0.25) is 5.91 Å². The quantitative estimate of drug-likeness (QED) is 0.0251. The zero-order valence-corrected chi connectivity index (χ0v) is 50.6. The zero-order chi connectivity index (χ0) is 66.9. The molecule has 1 saturated heterocycles. The summed E-state index contributed by atoms with van der Waals surface area (Å²) >= 11 is 0. The van der Waals surface area contributed by atoms with Gasteiger partial charge in [-0.1, -0.05) is 0 Å². The topological polar surface area (TPSA) is 546 Å². The van der Waals surface area contributed by atoms with E-state index in [1.807, 2.05) is 0 Å². The minimum atomic E-state index is -1.28. The summed E-state index contributed by atoms with van der Waals surface area (Å²) in [7, 11) is 0. The van der Waals surface area contributed by atoms with Crippen LogP contribution in [-0.4, -0.2) is 400 Å². The van der Waals surface area contributed by atoms with Crippen LogP contribution >= 0.6 is 0 Å². The Morgan fingerprint density at radius 2 is 0.467 bits per heavy atom. The van der Waals surface area contributed by atoms with Crippen LogP contribution in [0.5, 0.6) is 0 Å². The van der Waals surface area contributed by atoms with E-state index in [4.69, 9.17) is 71.2 Å². The van der Waals surface area contributed by atoms with Crippen molar-refractivity contribution in [3.63, 3.8) is 0 Å². The monoisotopic (exact) mass is 1320 g/mol. The number of amides is 3. The van der Waals surface area contributed by atoms with Gasteiger partial charge in [0, 0.05) is 19.3 Å². The molecule has 1 fully saturated rings. The van der Waals surface area contributed by atoms with E-state index in [0.717, 1.165) is 0 Å². The Morgan fingerprint density at radius 1 is 0.289 bits per heavy atom. The smallest absolute Gasteiger partial charge is 0.333 e. The van der Waals surface area contributed by atoms with Gasteiger partial charge in [-0.2, -0.15) is 0 Å². The van der Waals surface area contributed by atoms with E-state index in [1.54, 1.807) is 0 Å². The Balaban J connectivity index is 3.96. The largest absolute Gasteiger partial charge is 0.394 e. The number of carbonyl (C=O) groups excluding carboxylic acids is 4. The van der Waals surface area contributed by atoms with Gasteiger partial charge >= 0.3 is 5.97 Å². The fraction of sp³-hybridized carbons (Fsp3) is 0.925. The fourth-order valence-corrected chi connectivity index (χ4v) is 7.05. The highest BCUT2D eigenvalue weighted by Crippen LogP contribution is 2.15. The van der Waals surface area contributed by atoms with Crippen molar-refractivity contribution in [1.29, 1.82) is 0 Å². The number of hydrogen-bond acceptors (Lipinski definition) is 35. The molecule has 90 heavy (non-hydrogen) atoms. The highest BCUT2D eigenvalue weighted by atomic mass is 16.7. The molecule has 1 rings (SSSR count). The number of nitrogens with zero attached hydrogens (tertiary/aromatic N) is 1. The standard InChI is InChI=1S/C53H100N2O35/c56-5-36(6-57)78-23-46(24-79-37(7-58)8-59)86-31-44(32-87-47(25-80-38(9-60)10-61)26-81-39(11-62)12-63)76-21-35(54-50(72)1-4-53(75)90-55-51(73)2-3-52(55)74)22-77-45(33-88-48(27-82-40(13-64)14-65)28-83-41(15-66)16-67)34-89-49(29-84-42(17-68)18-69)30-85-43(19-70)20-71/h35-49,56-71H,1-34H2,(H,54,72). The lowest BCUT2D eigenvalue weighted by Crippen LogP contribution is -2.46. The maximum absolute atomic E-state index is 13.8. The molecule has 37 heteroatoms. The van der Waals surface area contributed by atoms with Crippen LogP contribution in [0.15, 0.2) is 0 Å². The normalized spacial score (nSPS) is 13.6. The Morgan fingerprint density at radius 3 is 0.656 bits per heavy atom. The summed E-state index contributed by atoms with van der Waals surface area (Å²) < 4.78 is 82.1. The molecule has 1 heterocycles. The second kappa shape index (κ2) is 54.2. The zero-order valence-electron chi connectivity index (χ0n) is 50.6. The number of hydrogen-bond donors (Lipinski definition) is 17. The molecule has 1 aliphatic heterocycles. The third kappa shape index (κ3) is 38.3. The molecule has 0 saturated carbocycles. The number of rotatable bonds is 63. The number of aliphatic hydroxyl groups excluding tert-OH is 16. The molecule has 0 atom stereocenters. The molecule has 37 nitrogen and oxygen atoms in total. The molecular weight excluding hydrogens is 1220 g/mol. The number of carbonyl (C=O) groups is 4. The number of ether oxygens (including phenoxy) is 14. The van der Waals surface area contributed by atoms with Crippen molar-refractivity contribution in [3.8, 4) is 0 Å². The van der Waals surface area contributed by atoms with Gasteiger partial charge < -0.3 is 158 Å². The van der Waals surface area contributed by atoms with Gasteiger partial charge in [-0.3, -0.25) is 14.4 Å². The van der Waals surface area contributed by atoms with E-state index in [0.29, 0.717) is 5.06 Å². The molecule has 0 aliphatic carbocycles. The molecule has 0 spiro atoms. The lowest BCUT2D eigenvalue weighted by Gasteiger charge is -2.30. The van der Waals surface area contributed by atoms with Crippen molar-refractivity contribution in [1.82, 2.24) is 10.4 Å². The van der Waals surface area contributed by atoms with Gasteiger partial charge in [0.25, 0.3) is 11.8 Å². The van der Waals surface area contributed by atoms with E-state index in [-0.39, 0.29) is 65.7 Å². The van der Waals surface area contributed by atoms with Crippen molar-refractivity contribution in [3.05, 3.63) is 0 Å². The third-order valence-electron chi connectivity index (χ3n) is 12.7. The third-order valence-corrected chi connectivity index (χ3v) is 12.7. The number of nitrogens with one attached hydrogen (secondary N) is 1. The fourth-order valence-electron chi connectivity index (χ4n) is 7.05. The number of imide groups is 1. The molecule has 0 aromatic carbocycles. The summed E-state index contributed by atoms with van der Waals surface area (Å²) in [6, 6.07) is -1.28. The highest BCUT2D eigenvalue weighted by molar-refractivity contribution is 6.01. The van der Waals surface area contributed by atoms with Crippen LogP contribution in [0.4, 0.5) is 0 Å². The van der Waals surface area contributed by atoms with Crippen molar-refractivity contribution < 1.29 is 172 Å². The Bertz CT molecular complexity index is 1490. The summed E-state index contributed by atoms with van der Waals surface area (Å²) in [4.78, 5) is 55.9. The molecule has 1 aliphatic rings. The van der Waals surface area contributed by atoms with Crippen molar-refractivity contribution in [2.45, 2.75) is 117 Å². The van der Waals surface area contributed by atoms with Crippen molar-refractivity contribution in [2.24, 2.45) is 0 Å². The second-order valence-electron chi connectivity index (χ2n) is 20.1. The van der Waals surface area contributed by atoms with E-state index in [2.05, 4.69) is 5.32 Å². The van der Waals surface area contributed by atoms with Crippen LogP contribution in [0.2, 0.25) is 0 Å². The Hall–Kier alpha value is -3.12. The molecule has 532 valence electrons. The predicted octanol–water partition coefficient (Wildman–Crippen LogP) is -10.9.